The third kappa shape index (κ3) is 4.28. The Morgan fingerprint density at radius 2 is 2.17 bits per heavy atom. The van der Waals surface area contributed by atoms with Crippen molar-refractivity contribution in [3.05, 3.63) is 39.8 Å². The van der Waals surface area contributed by atoms with Crippen molar-refractivity contribution in [1.29, 1.82) is 0 Å². The van der Waals surface area contributed by atoms with Gasteiger partial charge in [-0.1, -0.05) is 9.00 Å². The van der Waals surface area contributed by atoms with Crippen LogP contribution in [-0.4, -0.2) is 19.5 Å². The molecule has 0 spiro atoms. The van der Waals surface area contributed by atoms with Gasteiger partial charge in [0.15, 0.2) is 0 Å². The average Bonchev–Trinajstić information content (AvgIpc) is 2.23. The van der Waals surface area contributed by atoms with Crippen LogP contribution >= 0.6 is 0 Å². The van der Waals surface area contributed by atoms with Crippen molar-refractivity contribution in [3.63, 3.8) is 0 Å². The molecule has 0 aromatic heterocycles. The van der Waals surface area contributed by atoms with Gasteiger partial charge in [-0.25, -0.2) is 4.79 Å². The van der Waals surface area contributed by atoms with Crippen LogP contribution in [0.3, 0.4) is 0 Å². The van der Waals surface area contributed by atoms with E-state index in [1.165, 1.54) is 0 Å². The minimum absolute atomic E-state index is 0.173. The number of aromatic carboxylic acids is 1. The SMILES string of the molecule is [N-]=[N+]=NCc1cc(OS(=O)(=O)F)cc(C(=O)O)c1. The fourth-order valence-corrected chi connectivity index (χ4v) is 1.48. The summed E-state index contributed by atoms with van der Waals surface area (Å²) in [7, 11) is -5.25. The van der Waals surface area contributed by atoms with E-state index in [1.54, 1.807) is 0 Å². The number of carboxylic acids is 1. The second-order valence-electron chi connectivity index (χ2n) is 3.04. The van der Waals surface area contributed by atoms with Gasteiger partial charge in [0.1, 0.15) is 5.75 Å². The minimum atomic E-state index is -5.25. The molecule has 0 aliphatic heterocycles. The predicted molar refractivity (Wildman–Crippen MR) is 56.9 cm³/mol. The Morgan fingerprint density at radius 1 is 1.50 bits per heavy atom. The van der Waals surface area contributed by atoms with Crippen molar-refractivity contribution < 1.29 is 26.4 Å². The molecule has 0 heterocycles. The standard InChI is InChI=1S/C8H6FN3O5S/c9-18(15,16)17-7-2-5(4-11-12-10)1-6(3-7)8(13)14/h1-3H,4H2,(H,13,14). The smallest absolute Gasteiger partial charge is 0.478 e. The lowest BCUT2D eigenvalue weighted by atomic mass is 10.1. The van der Waals surface area contributed by atoms with E-state index in [4.69, 9.17) is 10.6 Å². The molecular formula is C8H6FN3O5S. The van der Waals surface area contributed by atoms with Gasteiger partial charge < -0.3 is 9.29 Å². The topological polar surface area (TPSA) is 129 Å². The number of nitrogens with zero attached hydrogens (tertiary/aromatic N) is 3. The Bertz CT molecular complexity index is 624. The van der Waals surface area contributed by atoms with Gasteiger partial charge in [-0.15, -0.1) is 0 Å². The summed E-state index contributed by atoms with van der Waals surface area (Å²) in [5.41, 5.74) is 7.97. The summed E-state index contributed by atoms with van der Waals surface area (Å²) in [4.78, 5) is 13.2. The monoisotopic (exact) mass is 275 g/mol. The normalized spacial score (nSPS) is 10.5. The van der Waals surface area contributed by atoms with Gasteiger partial charge in [0, 0.05) is 4.91 Å². The Hall–Kier alpha value is -2.32. The Balaban J connectivity index is 3.21. The summed E-state index contributed by atoms with van der Waals surface area (Å²) in [6.07, 6.45) is 0. The number of carboxylic acid groups (broad SMARTS) is 1. The molecule has 8 nitrogen and oxygen atoms in total. The van der Waals surface area contributed by atoms with Crippen LogP contribution in [0.2, 0.25) is 0 Å². The first-order valence-electron chi connectivity index (χ1n) is 4.34. The molecule has 1 rings (SSSR count). The molecule has 1 N–H and O–H groups in total. The van der Waals surface area contributed by atoms with E-state index in [0.717, 1.165) is 18.2 Å². The largest absolute Gasteiger partial charge is 0.488 e. The molecule has 0 radical (unpaired) electrons. The molecule has 0 bridgehead atoms. The van der Waals surface area contributed by atoms with Crippen LogP contribution in [0.5, 0.6) is 5.75 Å². The minimum Gasteiger partial charge on any atom is -0.478 e. The van der Waals surface area contributed by atoms with Crippen molar-refractivity contribution >= 4 is 16.5 Å². The van der Waals surface area contributed by atoms with Crippen LogP contribution in [0.15, 0.2) is 23.3 Å². The summed E-state index contributed by atoms with van der Waals surface area (Å²) >= 11 is 0. The Morgan fingerprint density at radius 3 is 2.67 bits per heavy atom. The molecule has 18 heavy (non-hydrogen) atoms. The highest BCUT2D eigenvalue weighted by atomic mass is 32.3. The van der Waals surface area contributed by atoms with E-state index >= 15 is 0 Å². The zero-order chi connectivity index (χ0) is 13.8. The van der Waals surface area contributed by atoms with Gasteiger partial charge in [-0.3, -0.25) is 0 Å². The highest BCUT2D eigenvalue weighted by Crippen LogP contribution is 2.20. The summed E-state index contributed by atoms with van der Waals surface area (Å²) in [5, 5.41) is 11.9. The molecule has 0 fully saturated rings. The third-order valence-corrected chi connectivity index (χ3v) is 2.12. The van der Waals surface area contributed by atoms with Crippen LogP contribution in [0.25, 0.3) is 10.4 Å². The van der Waals surface area contributed by atoms with Gasteiger partial charge >= 0.3 is 16.5 Å². The second-order valence-corrected chi connectivity index (χ2v) is 3.99. The highest BCUT2D eigenvalue weighted by Gasteiger charge is 2.13. The molecule has 0 aliphatic carbocycles. The molecule has 0 atom stereocenters. The molecule has 10 heteroatoms. The molecule has 0 aliphatic rings. The molecule has 96 valence electrons. The number of carbonyl (C=O) groups is 1. The Labute approximate surface area is 101 Å². The van der Waals surface area contributed by atoms with Crippen LogP contribution in [0.1, 0.15) is 15.9 Å². The van der Waals surface area contributed by atoms with Crippen LogP contribution < -0.4 is 4.18 Å². The van der Waals surface area contributed by atoms with Crippen molar-refractivity contribution in [1.82, 2.24) is 0 Å². The molecule has 1 aromatic carbocycles. The molecule has 0 amide bonds. The van der Waals surface area contributed by atoms with Crippen LogP contribution in [0.4, 0.5) is 3.89 Å². The average molecular weight is 275 g/mol. The van der Waals surface area contributed by atoms with Crippen LogP contribution in [0, 0.1) is 0 Å². The second kappa shape index (κ2) is 5.34. The molecule has 0 saturated heterocycles. The van der Waals surface area contributed by atoms with E-state index in [1.807, 2.05) is 0 Å². The summed E-state index contributed by atoms with van der Waals surface area (Å²) in [5.74, 6) is -1.88. The number of rotatable bonds is 5. The number of hydrogen-bond donors (Lipinski definition) is 1. The lowest BCUT2D eigenvalue weighted by Crippen LogP contribution is -2.04. The quantitative estimate of drug-likeness (QED) is 0.379. The fourth-order valence-electron chi connectivity index (χ4n) is 1.15. The maximum absolute atomic E-state index is 12.3. The molecule has 0 unspecified atom stereocenters. The lowest BCUT2D eigenvalue weighted by molar-refractivity contribution is 0.0696. The number of hydrogen-bond acceptors (Lipinski definition) is 5. The highest BCUT2D eigenvalue weighted by molar-refractivity contribution is 7.81. The van der Waals surface area contributed by atoms with E-state index in [-0.39, 0.29) is 17.7 Å². The van der Waals surface area contributed by atoms with E-state index in [9.17, 15) is 17.1 Å². The van der Waals surface area contributed by atoms with E-state index < -0.39 is 22.2 Å². The molecule has 1 aromatic rings. The summed E-state index contributed by atoms with van der Waals surface area (Å²) < 4.78 is 36.8. The maximum atomic E-state index is 12.3. The van der Waals surface area contributed by atoms with Crippen molar-refractivity contribution in [2.45, 2.75) is 6.54 Å². The number of halogens is 1. The van der Waals surface area contributed by atoms with E-state index in [0.29, 0.717) is 0 Å². The summed E-state index contributed by atoms with van der Waals surface area (Å²) in [6, 6.07) is 3.03. The van der Waals surface area contributed by atoms with Crippen LogP contribution in [-0.2, 0) is 17.0 Å². The van der Waals surface area contributed by atoms with Crippen molar-refractivity contribution in [2.24, 2.45) is 5.11 Å². The molecular weight excluding hydrogens is 269 g/mol. The van der Waals surface area contributed by atoms with Crippen molar-refractivity contribution in [3.8, 4) is 5.75 Å². The zero-order valence-electron chi connectivity index (χ0n) is 8.65. The Kier molecular flexibility index (Phi) is 4.08. The van der Waals surface area contributed by atoms with Gasteiger partial charge in [0.25, 0.3) is 0 Å². The zero-order valence-corrected chi connectivity index (χ0v) is 9.46. The fraction of sp³-hybridized carbons (Fsp3) is 0.125. The van der Waals surface area contributed by atoms with E-state index in [2.05, 4.69) is 14.2 Å². The van der Waals surface area contributed by atoms with Gasteiger partial charge in [-0.05, 0) is 29.3 Å². The number of benzene rings is 1. The van der Waals surface area contributed by atoms with Crippen molar-refractivity contribution in [2.75, 3.05) is 0 Å². The third-order valence-electron chi connectivity index (χ3n) is 1.73. The van der Waals surface area contributed by atoms with Gasteiger partial charge in [-0.2, -0.15) is 8.42 Å². The van der Waals surface area contributed by atoms with Gasteiger partial charge in [0.05, 0.1) is 12.1 Å². The first-order chi connectivity index (χ1) is 8.31. The lowest BCUT2D eigenvalue weighted by Gasteiger charge is -2.04. The summed E-state index contributed by atoms with van der Waals surface area (Å²) in [6.45, 7) is -0.222. The first kappa shape index (κ1) is 13.7. The van der Waals surface area contributed by atoms with Gasteiger partial charge in [0.2, 0.25) is 0 Å². The predicted octanol–water partition coefficient (Wildman–Crippen LogP) is 1.79. The number of azide groups is 1. The first-order valence-corrected chi connectivity index (χ1v) is 5.65. The molecule has 0 saturated carbocycles. The maximum Gasteiger partial charge on any atom is 0.488 e.